The van der Waals surface area contributed by atoms with Crippen molar-refractivity contribution in [1.29, 1.82) is 0 Å². The van der Waals surface area contributed by atoms with Gasteiger partial charge in [-0.25, -0.2) is 8.42 Å². The third kappa shape index (κ3) is 5.04. The van der Waals surface area contributed by atoms with Crippen LogP contribution in [-0.4, -0.2) is 56.9 Å². The van der Waals surface area contributed by atoms with Crippen LogP contribution >= 0.6 is 0 Å². The number of rotatable bonds is 7. The van der Waals surface area contributed by atoms with Gasteiger partial charge < -0.3 is 5.32 Å². The summed E-state index contributed by atoms with van der Waals surface area (Å²) in [6.45, 7) is 3.84. The molecule has 2 heterocycles. The van der Waals surface area contributed by atoms with E-state index in [0.717, 1.165) is 24.1 Å². The smallest absolute Gasteiger partial charge is 0.238 e. The van der Waals surface area contributed by atoms with Gasteiger partial charge in [-0.3, -0.25) is 18.8 Å². The molecule has 3 aromatic rings. The van der Waals surface area contributed by atoms with Crippen molar-refractivity contribution in [3.63, 3.8) is 0 Å². The molecule has 0 aromatic heterocycles. The highest BCUT2D eigenvalue weighted by molar-refractivity contribution is 7.92. The van der Waals surface area contributed by atoms with Gasteiger partial charge in [-0.15, -0.1) is 0 Å². The number of ketones is 1. The van der Waals surface area contributed by atoms with Gasteiger partial charge in [0.2, 0.25) is 15.9 Å². The molecule has 0 saturated carbocycles. The molecule has 8 heteroatoms. The van der Waals surface area contributed by atoms with Crippen LogP contribution in [0.1, 0.15) is 41.3 Å². The number of carbonyl (C=O) groups is 2. The Morgan fingerprint density at radius 1 is 0.865 bits per heavy atom. The summed E-state index contributed by atoms with van der Waals surface area (Å²) in [5, 5.41) is 2.93. The van der Waals surface area contributed by atoms with Crippen molar-refractivity contribution in [2.45, 2.75) is 25.2 Å². The first-order chi connectivity index (χ1) is 17.8. The van der Waals surface area contributed by atoms with E-state index in [1.165, 1.54) is 0 Å². The molecule has 5 rings (SSSR count). The fourth-order valence-corrected chi connectivity index (χ4v) is 6.63. The minimum absolute atomic E-state index is 0.0560. The van der Waals surface area contributed by atoms with Crippen LogP contribution in [0.5, 0.6) is 0 Å². The van der Waals surface area contributed by atoms with Crippen molar-refractivity contribution >= 4 is 33.1 Å². The molecule has 3 aromatic carbocycles. The lowest BCUT2D eigenvalue weighted by atomic mass is 9.74. The molecular weight excluding hydrogens is 486 g/mol. The third-order valence-electron chi connectivity index (χ3n) is 7.54. The zero-order chi connectivity index (χ0) is 26.0. The number of nitrogens with zero attached hydrogens (tertiary/aromatic N) is 2. The van der Waals surface area contributed by atoms with Crippen LogP contribution in [0.25, 0.3) is 0 Å². The second-order valence-electron chi connectivity index (χ2n) is 9.80. The molecule has 2 aliphatic rings. The Labute approximate surface area is 218 Å². The zero-order valence-corrected chi connectivity index (χ0v) is 21.7. The summed E-state index contributed by atoms with van der Waals surface area (Å²) in [6.07, 6.45) is 1.59. The van der Waals surface area contributed by atoms with Gasteiger partial charge in [0.25, 0.3) is 0 Å². The van der Waals surface area contributed by atoms with Crippen LogP contribution in [0.15, 0.2) is 78.9 Å². The monoisotopic (exact) mass is 517 g/mol. The van der Waals surface area contributed by atoms with Crippen molar-refractivity contribution in [2.75, 3.05) is 41.6 Å². The molecule has 0 radical (unpaired) electrons. The van der Waals surface area contributed by atoms with Crippen molar-refractivity contribution in [2.24, 2.45) is 0 Å². The second-order valence-corrected chi connectivity index (χ2v) is 12.0. The molecule has 37 heavy (non-hydrogen) atoms. The number of para-hydroxylation sites is 1. The van der Waals surface area contributed by atoms with Gasteiger partial charge in [0.15, 0.2) is 5.78 Å². The van der Waals surface area contributed by atoms with Gasteiger partial charge in [0.05, 0.1) is 18.0 Å². The highest BCUT2D eigenvalue weighted by Crippen LogP contribution is 2.47. The van der Waals surface area contributed by atoms with E-state index in [4.69, 9.17) is 0 Å². The van der Waals surface area contributed by atoms with E-state index in [9.17, 15) is 18.0 Å². The number of piperidine rings is 1. The Morgan fingerprint density at radius 2 is 1.49 bits per heavy atom. The maximum Gasteiger partial charge on any atom is 0.238 e. The Balaban J connectivity index is 1.19. The molecular formula is C29H31N3O4S. The first-order valence-corrected chi connectivity index (χ1v) is 14.2. The van der Waals surface area contributed by atoms with Crippen LogP contribution in [0.4, 0.5) is 11.4 Å². The Morgan fingerprint density at radius 3 is 2.16 bits per heavy atom. The number of benzene rings is 3. The van der Waals surface area contributed by atoms with E-state index in [2.05, 4.69) is 16.3 Å². The molecule has 1 amide bonds. The lowest BCUT2D eigenvalue weighted by Gasteiger charge is -2.39. The summed E-state index contributed by atoms with van der Waals surface area (Å²) >= 11 is 0. The highest BCUT2D eigenvalue weighted by Gasteiger charge is 2.47. The number of hydrogen-bond acceptors (Lipinski definition) is 5. The van der Waals surface area contributed by atoms with E-state index < -0.39 is 10.0 Å². The molecule has 0 unspecified atom stereocenters. The summed E-state index contributed by atoms with van der Waals surface area (Å²) in [5.74, 6) is -0.0925. The molecule has 1 saturated heterocycles. The SMILES string of the molecule is CCS(=O)(=O)N1CC2(CCN(CC(=O)Nc3ccc(C(=O)c4ccccc4)cc3)CC2)c2ccccc21. The zero-order valence-electron chi connectivity index (χ0n) is 20.9. The van der Waals surface area contributed by atoms with Crippen molar-refractivity contribution < 1.29 is 18.0 Å². The molecule has 2 aliphatic heterocycles. The van der Waals surface area contributed by atoms with E-state index in [1.54, 1.807) is 47.6 Å². The Kier molecular flexibility index (Phi) is 6.88. The van der Waals surface area contributed by atoms with E-state index >= 15 is 0 Å². The van der Waals surface area contributed by atoms with Gasteiger partial charge in [-0.2, -0.15) is 0 Å². The van der Waals surface area contributed by atoms with Crippen LogP contribution in [0, 0.1) is 0 Å². The number of carbonyl (C=O) groups excluding carboxylic acids is 2. The van der Waals surface area contributed by atoms with Gasteiger partial charge in [0, 0.05) is 28.8 Å². The second kappa shape index (κ2) is 10.1. The predicted octanol–water partition coefficient (Wildman–Crippen LogP) is 4.06. The fraction of sp³-hybridized carbons (Fsp3) is 0.310. The first-order valence-electron chi connectivity index (χ1n) is 12.6. The van der Waals surface area contributed by atoms with Crippen LogP contribution < -0.4 is 9.62 Å². The average molecular weight is 518 g/mol. The maximum absolute atomic E-state index is 12.7. The maximum atomic E-state index is 12.7. The summed E-state index contributed by atoms with van der Waals surface area (Å²) in [6, 6.07) is 23.9. The highest BCUT2D eigenvalue weighted by atomic mass is 32.2. The van der Waals surface area contributed by atoms with Crippen LogP contribution in [-0.2, 0) is 20.2 Å². The van der Waals surface area contributed by atoms with Gasteiger partial charge in [-0.05, 0) is 68.8 Å². The lowest BCUT2D eigenvalue weighted by molar-refractivity contribution is -0.117. The molecule has 1 fully saturated rings. The standard InChI is InChI=1S/C29H31N3O4S/c1-2-37(35,36)32-21-29(25-10-6-7-11-26(25)32)16-18-31(19-17-29)20-27(33)30-24-14-12-23(13-15-24)28(34)22-8-4-3-5-9-22/h3-15H,2,16-21H2,1H3,(H,30,33). The number of amides is 1. The van der Waals surface area contributed by atoms with E-state index in [1.807, 2.05) is 36.4 Å². The minimum Gasteiger partial charge on any atom is -0.325 e. The summed E-state index contributed by atoms with van der Waals surface area (Å²) in [4.78, 5) is 27.5. The number of nitrogens with one attached hydrogen (secondary N) is 1. The molecule has 1 N–H and O–H groups in total. The van der Waals surface area contributed by atoms with E-state index in [-0.39, 0.29) is 29.4 Å². The van der Waals surface area contributed by atoms with Crippen molar-refractivity contribution in [3.8, 4) is 0 Å². The minimum atomic E-state index is -3.34. The average Bonchev–Trinajstić information content (AvgIpc) is 3.25. The third-order valence-corrected chi connectivity index (χ3v) is 9.27. The molecule has 7 nitrogen and oxygen atoms in total. The van der Waals surface area contributed by atoms with Crippen molar-refractivity contribution in [3.05, 3.63) is 95.6 Å². The number of sulfonamides is 1. The quantitative estimate of drug-likeness (QED) is 0.478. The summed E-state index contributed by atoms with van der Waals surface area (Å²) in [7, 11) is -3.34. The van der Waals surface area contributed by atoms with Crippen LogP contribution in [0.3, 0.4) is 0 Å². The van der Waals surface area contributed by atoms with Gasteiger partial charge in [0.1, 0.15) is 0 Å². The van der Waals surface area contributed by atoms with Gasteiger partial charge >= 0.3 is 0 Å². The Hall–Kier alpha value is -3.49. The first kappa shape index (κ1) is 25.2. The largest absolute Gasteiger partial charge is 0.325 e. The number of anilines is 2. The summed E-state index contributed by atoms with van der Waals surface area (Å²) < 4.78 is 27.1. The molecule has 0 atom stereocenters. The predicted molar refractivity (Wildman–Crippen MR) is 146 cm³/mol. The molecule has 1 spiro atoms. The number of fused-ring (bicyclic) bond motifs is 2. The van der Waals surface area contributed by atoms with E-state index in [0.29, 0.717) is 36.4 Å². The fourth-order valence-electron chi connectivity index (χ4n) is 5.42. The number of likely N-dealkylation sites (tertiary alicyclic amines) is 1. The lowest BCUT2D eigenvalue weighted by Crippen LogP contribution is -2.47. The topological polar surface area (TPSA) is 86.8 Å². The van der Waals surface area contributed by atoms with Gasteiger partial charge in [-0.1, -0.05) is 48.5 Å². The Bertz CT molecular complexity index is 1400. The number of hydrogen-bond donors (Lipinski definition) is 1. The molecule has 0 bridgehead atoms. The summed E-state index contributed by atoms with van der Waals surface area (Å²) in [5.41, 5.74) is 3.52. The van der Waals surface area contributed by atoms with Crippen molar-refractivity contribution in [1.82, 2.24) is 4.90 Å². The molecule has 192 valence electrons. The molecule has 0 aliphatic carbocycles. The normalized spacial score (nSPS) is 16.9. The van der Waals surface area contributed by atoms with Crippen LogP contribution in [0.2, 0.25) is 0 Å².